The van der Waals surface area contributed by atoms with Crippen molar-refractivity contribution in [3.05, 3.63) is 47.9 Å². The van der Waals surface area contributed by atoms with Crippen molar-refractivity contribution >= 4 is 11.6 Å². The van der Waals surface area contributed by atoms with Crippen molar-refractivity contribution in [2.75, 3.05) is 24.6 Å². The molecule has 0 amide bonds. The maximum absolute atomic E-state index is 9.74. The number of anilines is 1. The van der Waals surface area contributed by atoms with Gasteiger partial charge < -0.3 is 14.7 Å². The van der Waals surface area contributed by atoms with Crippen LogP contribution < -0.4 is 4.90 Å². The Morgan fingerprint density at radius 1 is 1.32 bits per heavy atom. The number of aromatic nitrogens is 4. The molecule has 7 heteroatoms. The van der Waals surface area contributed by atoms with Gasteiger partial charge in [0.2, 0.25) is 0 Å². The summed E-state index contributed by atoms with van der Waals surface area (Å²) in [5, 5.41) is 14.1. The summed E-state index contributed by atoms with van der Waals surface area (Å²) in [5.41, 5.74) is 2.00. The topological polar surface area (TPSA) is 75.8 Å². The number of nitrogens with zero attached hydrogens (tertiary/aromatic N) is 5. The summed E-state index contributed by atoms with van der Waals surface area (Å²) in [6.45, 7) is 4.22. The molecule has 0 unspecified atom stereocenters. The number of aromatic hydroxyl groups is 1. The van der Waals surface area contributed by atoms with Crippen LogP contribution in [0, 0.1) is 0 Å². The van der Waals surface area contributed by atoms with Crippen LogP contribution in [0.1, 0.15) is 30.7 Å². The number of benzene rings is 1. The van der Waals surface area contributed by atoms with E-state index < -0.39 is 0 Å². The third-order valence-corrected chi connectivity index (χ3v) is 4.42. The lowest BCUT2D eigenvalue weighted by atomic mass is 10.1. The predicted octanol–water partition coefficient (Wildman–Crippen LogP) is 2.36. The molecule has 3 heterocycles. The zero-order valence-electron chi connectivity index (χ0n) is 14.2. The van der Waals surface area contributed by atoms with Crippen LogP contribution in [-0.2, 0) is 11.2 Å². The maximum atomic E-state index is 9.74. The number of hydrogen-bond donors (Lipinski definition) is 1. The monoisotopic (exact) mass is 339 g/mol. The zero-order chi connectivity index (χ0) is 17.2. The number of fused-ring (bicyclic) bond motifs is 1. The molecule has 0 aliphatic carbocycles. The molecular formula is C18H21N5O2. The average molecular weight is 339 g/mol. The van der Waals surface area contributed by atoms with Gasteiger partial charge in [-0.05, 0) is 24.1 Å². The second-order valence-electron chi connectivity index (χ2n) is 6.23. The van der Waals surface area contributed by atoms with Crippen LogP contribution in [0.15, 0.2) is 36.7 Å². The Labute approximate surface area is 145 Å². The third-order valence-electron chi connectivity index (χ3n) is 4.42. The van der Waals surface area contributed by atoms with Crippen LogP contribution in [0.2, 0.25) is 0 Å². The molecule has 0 bridgehead atoms. The second-order valence-corrected chi connectivity index (χ2v) is 6.23. The molecule has 4 rings (SSSR count). The molecule has 0 saturated carbocycles. The van der Waals surface area contributed by atoms with Crippen molar-refractivity contribution in [1.29, 1.82) is 0 Å². The van der Waals surface area contributed by atoms with E-state index in [9.17, 15) is 5.11 Å². The Hall–Kier alpha value is -2.67. The molecule has 1 atom stereocenters. The summed E-state index contributed by atoms with van der Waals surface area (Å²) in [6, 6.07) is 9.34. The molecule has 7 nitrogen and oxygen atoms in total. The van der Waals surface area contributed by atoms with E-state index in [0.717, 1.165) is 36.5 Å². The van der Waals surface area contributed by atoms with Crippen LogP contribution in [0.3, 0.4) is 0 Å². The van der Waals surface area contributed by atoms with E-state index in [1.807, 2.05) is 12.1 Å². The minimum absolute atomic E-state index is 0.0952. The standard InChI is InChI=1S/C18H21N5O2/c1-2-4-14-10-17(23-18(21-14)19-12-20-23)22-7-8-25-16(11-22)13-5-3-6-15(24)9-13/h3,5-6,9-10,12,16,24H,2,4,7-8,11H2,1H3/t16-/m0/s1. The Bertz CT molecular complexity index is 879. The summed E-state index contributed by atoms with van der Waals surface area (Å²) in [4.78, 5) is 11.1. The van der Waals surface area contributed by atoms with Crippen LogP contribution in [0.5, 0.6) is 5.75 Å². The SMILES string of the molecule is CCCc1cc(N2CCO[C@H](c3cccc(O)c3)C2)n2ncnc2n1. The quantitative estimate of drug-likeness (QED) is 0.786. The molecule has 1 saturated heterocycles. The summed E-state index contributed by atoms with van der Waals surface area (Å²) in [7, 11) is 0. The van der Waals surface area contributed by atoms with Gasteiger partial charge in [-0.2, -0.15) is 14.6 Å². The molecule has 1 aromatic carbocycles. The van der Waals surface area contributed by atoms with E-state index in [-0.39, 0.29) is 11.9 Å². The molecule has 1 aliphatic heterocycles. The van der Waals surface area contributed by atoms with E-state index in [2.05, 4.69) is 33.0 Å². The Morgan fingerprint density at radius 2 is 2.24 bits per heavy atom. The zero-order valence-corrected chi connectivity index (χ0v) is 14.2. The first-order valence-electron chi connectivity index (χ1n) is 8.59. The predicted molar refractivity (Wildman–Crippen MR) is 93.8 cm³/mol. The molecule has 1 aliphatic rings. The van der Waals surface area contributed by atoms with Gasteiger partial charge >= 0.3 is 0 Å². The lowest BCUT2D eigenvalue weighted by Gasteiger charge is -2.34. The van der Waals surface area contributed by atoms with Gasteiger partial charge in [0.25, 0.3) is 5.78 Å². The second kappa shape index (κ2) is 6.68. The lowest BCUT2D eigenvalue weighted by molar-refractivity contribution is 0.0392. The van der Waals surface area contributed by atoms with Crippen LogP contribution in [0.4, 0.5) is 5.82 Å². The van der Waals surface area contributed by atoms with Gasteiger partial charge in [-0.3, -0.25) is 0 Å². The molecular weight excluding hydrogens is 318 g/mol. The van der Waals surface area contributed by atoms with Gasteiger partial charge in [-0.15, -0.1) is 0 Å². The van der Waals surface area contributed by atoms with Gasteiger partial charge in [-0.1, -0.05) is 25.5 Å². The van der Waals surface area contributed by atoms with Crippen molar-refractivity contribution in [2.24, 2.45) is 0 Å². The highest BCUT2D eigenvalue weighted by Gasteiger charge is 2.25. The van der Waals surface area contributed by atoms with Crippen molar-refractivity contribution in [3.8, 4) is 5.75 Å². The molecule has 25 heavy (non-hydrogen) atoms. The number of hydrogen-bond acceptors (Lipinski definition) is 6. The Morgan fingerprint density at radius 3 is 3.08 bits per heavy atom. The molecule has 0 spiro atoms. The van der Waals surface area contributed by atoms with Gasteiger partial charge in [0.05, 0.1) is 6.61 Å². The van der Waals surface area contributed by atoms with Gasteiger partial charge in [0, 0.05) is 24.8 Å². The minimum atomic E-state index is -0.0952. The molecule has 1 N–H and O–H groups in total. The van der Waals surface area contributed by atoms with Crippen LogP contribution in [-0.4, -0.2) is 44.4 Å². The average Bonchev–Trinajstić information content (AvgIpc) is 3.10. The molecule has 2 aromatic heterocycles. The number of aryl methyl sites for hydroxylation is 1. The number of rotatable bonds is 4. The number of phenolic OH excluding ortho intramolecular Hbond substituents is 1. The largest absolute Gasteiger partial charge is 0.508 e. The first-order chi connectivity index (χ1) is 12.2. The Balaban J connectivity index is 1.67. The molecule has 130 valence electrons. The third kappa shape index (κ3) is 3.15. The lowest BCUT2D eigenvalue weighted by Crippen LogP contribution is -2.39. The molecule has 3 aromatic rings. The van der Waals surface area contributed by atoms with Crippen LogP contribution >= 0.6 is 0 Å². The van der Waals surface area contributed by atoms with E-state index in [1.165, 1.54) is 6.33 Å². The van der Waals surface area contributed by atoms with Crippen LogP contribution in [0.25, 0.3) is 5.78 Å². The minimum Gasteiger partial charge on any atom is -0.508 e. The number of morpholine rings is 1. The smallest absolute Gasteiger partial charge is 0.254 e. The fraction of sp³-hybridized carbons (Fsp3) is 0.389. The number of ether oxygens (including phenoxy) is 1. The van der Waals surface area contributed by atoms with Gasteiger partial charge in [0.1, 0.15) is 24.0 Å². The summed E-state index contributed by atoms with van der Waals surface area (Å²) < 4.78 is 7.71. The van der Waals surface area contributed by atoms with E-state index in [0.29, 0.717) is 18.9 Å². The summed E-state index contributed by atoms with van der Waals surface area (Å²) >= 11 is 0. The van der Waals surface area contributed by atoms with Crippen molar-refractivity contribution < 1.29 is 9.84 Å². The fourth-order valence-corrected chi connectivity index (χ4v) is 3.24. The first kappa shape index (κ1) is 15.8. The molecule has 0 radical (unpaired) electrons. The maximum Gasteiger partial charge on any atom is 0.254 e. The van der Waals surface area contributed by atoms with E-state index >= 15 is 0 Å². The summed E-state index contributed by atoms with van der Waals surface area (Å²) in [5.74, 6) is 1.87. The first-order valence-corrected chi connectivity index (χ1v) is 8.59. The normalized spacial score (nSPS) is 18.0. The number of phenols is 1. The van der Waals surface area contributed by atoms with Gasteiger partial charge in [0.15, 0.2) is 0 Å². The van der Waals surface area contributed by atoms with E-state index in [4.69, 9.17) is 4.74 Å². The van der Waals surface area contributed by atoms with Crippen molar-refractivity contribution in [2.45, 2.75) is 25.9 Å². The fourth-order valence-electron chi connectivity index (χ4n) is 3.24. The highest BCUT2D eigenvalue weighted by atomic mass is 16.5. The highest BCUT2D eigenvalue weighted by molar-refractivity contribution is 5.48. The van der Waals surface area contributed by atoms with E-state index in [1.54, 1.807) is 16.6 Å². The van der Waals surface area contributed by atoms with Gasteiger partial charge in [-0.25, -0.2) is 4.98 Å². The van der Waals surface area contributed by atoms with Crippen molar-refractivity contribution in [3.63, 3.8) is 0 Å². The highest BCUT2D eigenvalue weighted by Crippen LogP contribution is 2.28. The molecule has 1 fully saturated rings. The van der Waals surface area contributed by atoms with Crippen molar-refractivity contribution in [1.82, 2.24) is 19.6 Å². The summed E-state index contributed by atoms with van der Waals surface area (Å²) in [6.07, 6.45) is 3.39. The Kier molecular flexibility index (Phi) is 4.23.